The van der Waals surface area contributed by atoms with Gasteiger partial charge in [-0.1, -0.05) is 30.3 Å². The second-order valence-corrected chi connectivity index (χ2v) is 5.54. The van der Waals surface area contributed by atoms with Crippen molar-refractivity contribution in [2.45, 2.75) is 6.54 Å². The smallest absolute Gasteiger partial charge is 0.119 e. The summed E-state index contributed by atoms with van der Waals surface area (Å²) in [5.74, 6) is 0.869. The second-order valence-electron chi connectivity index (χ2n) is 5.54. The maximum absolute atomic E-state index is 5.35. The van der Waals surface area contributed by atoms with Crippen molar-refractivity contribution in [1.82, 2.24) is 4.57 Å². The summed E-state index contributed by atoms with van der Waals surface area (Å²) in [7, 11) is 1.69. The Kier molecular flexibility index (Phi) is 3.39. The van der Waals surface area contributed by atoms with Gasteiger partial charge < -0.3 is 13.7 Å². The Hall–Kier alpha value is -2.94. The summed E-state index contributed by atoms with van der Waals surface area (Å²) >= 11 is 0. The lowest BCUT2D eigenvalue weighted by Crippen LogP contribution is -2.01. The van der Waals surface area contributed by atoms with Crippen LogP contribution < -0.4 is 4.74 Å². The summed E-state index contributed by atoms with van der Waals surface area (Å²) in [4.78, 5) is 0. The summed E-state index contributed by atoms with van der Waals surface area (Å²) < 4.78 is 12.9. The second kappa shape index (κ2) is 5.69. The van der Waals surface area contributed by atoms with E-state index in [1.54, 1.807) is 19.6 Å². The van der Waals surface area contributed by atoms with Crippen molar-refractivity contribution >= 4 is 10.9 Å². The number of hydrogen-bond donors (Lipinski definition) is 0. The fourth-order valence-corrected chi connectivity index (χ4v) is 2.96. The highest BCUT2D eigenvalue weighted by molar-refractivity contribution is 5.88. The van der Waals surface area contributed by atoms with Gasteiger partial charge >= 0.3 is 0 Å². The molecule has 3 heteroatoms. The van der Waals surface area contributed by atoms with E-state index in [1.165, 1.54) is 11.1 Å². The van der Waals surface area contributed by atoms with Crippen LogP contribution in [-0.2, 0) is 6.54 Å². The first kappa shape index (κ1) is 13.7. The number of furan rings is 1. The maximum Gasteiger partial charge on any atom is 0.119 e. The zero-order valence-electron chi connectivity index (χ0n) is 12.9. The number of benzene rings is 2. The van der Waals surface area contributed by atoms with Crippen LogP contribution in [0.1, 0.15) is 5.56 Å². The van der Waals surface area contributed by atoms with Crippen molar-refractivity contribution in [3.05, 3.63) is 78.8 Å². The molecule has 0 saturated carbocycles. The molecule has 4 aromatic rings. The van der Waals surface area contributed by atoms with Crippen molar-refractivity contribution in [2.24, 2.45) is 0 Å². The fourth-order valence-electron chi connectivity index (χ4n) is 2.96. The van der Waals surface area contributed by atoms with Crippen LogP contribution in [0.2, 0.25) is 0 Å². The predicted molar refractivity (Wildman–Crippen MR) is 91.7 cm³/mol. The molecule has 0 unspecified atom stereocenters. The molecule has 0 amide bonds. The largest absolute Gasteiger partial charge is 0.497 e. The van der Waals surface area contributed by atoms with E-state index in [0.717, 1.165) is 28.9 Å². The molecule has 0 spiro atoms. The molecule has 0 atom stereocenters. The van der Waals surface area contributed by atoms with Crippen LogP contribution in [0.15, 0.2) is 77.6 Å². The van der Waals surface area contributed by atoms with Gasteiger partial charge in [0.15, 0.2) is 0 Å². The number of nitrogens with zero attached hydrogens (tertiary/aromatic N) is 1. The Morgan fingerprint density at radius 2 is 1.87 bits per heavy atom. The van der Waals surface area contributed by atoms with Crippen molar-refractivity contribution < 1.29 is 9.15 Å². The maximum atomic E-state index is 5.35. The van der Waals surface area contributed by atoms with Crippen LogP contribution in [0.3, 0.4) is 0 Å². The van der Waals surface area contributed by atoms with E-state index in [0.29, 0.717) is 0 Å². The molecule has 114 valence electrons. The number of ether oxygens (including phenoxy) is 1. The van der Waals surface area contributed by atoms with Crippen molar-refractivity contribution in [2.75, 3.05) is 7.11 Å². The van der Waals surface area contributed by atoms with Crippen molar-refractivity contribution in [1.29, 1.82) is 0 Å². The van der Waals surface area contributed by atoms with E-state index in [4.69, 9.17) is 9.15 Å². The average molecular weight is 303 g/mol. The molecule has 23 heavy (non-hydrogen) atoms. The molecule has 0 aliphatic carbocycles. The average Bonchev–Trinajstić information content (AvgIpc) is 3.23. The molecular formula is C20H17NO2. The van der Waals surface area contributed by atoms with Gasteiger partial charge in [-0.25, -0.2) is 0 Å². The SMILES string of the molecule is COc1ccc2c(c1)cc(-c1ccoc1)n2Cc1ccccc1. The van der Waals surface area contributed by atoms with Gasteiger partial charge in [0.2, 0.25) is 0 Å². The highest BCUT2D eigenvalue weighted by Gasteiger charge is 2.12. The molecule has 2 aromatic heterocycles. The lowest BCUT2D eigenvalue weighted by atomic mass is 10.2. The quantitative estimate of drug-likeness (QED) is 0.533. The third kappa shape index (κ3) is 2.50. The Morgan fingerprint density at radius 3 is 2.61 bits per heavy atom. The standard InChI is InChI=1S/C20H17NO2/c1-22-18-7-8-19-17(11-18)12-20(16-9-10-23-14-16)21(19)13-15-5-3-2-4-6-15/h2-12,14H,13H2,1H3. The summed E-state index contributed by atoms with van der Waals surface area (Å²) in [6.45, 7) is 0.817. The summed E-state index contributed by atoms with van der Waals surface area (Å²) in [5, 5.41) is 1.16. The minimum absolute atomic E-state index is 0.817. The first-order chi connectivity index (χ1) is 11.3. The molecule has 0 radical (unpaired) electrons. The van der Waals surface area contributed by atoms with Gasteiger partial charge in [0.1, 0.15) is 5.75 Å². The van der Waals surface area contributed by atoms with Gasteiger partial charge in [0, 0.05) is 23.0 Å². The van der Waals surface area contributed by atoms with Gasteiger partial charge in [0.25, 0.3) is 0 Å². The lowest BCUT2D eigenvalue weighted by molar-refractivity contribution is 0.415. The minimum atomic E-state index is 0.817. The fraction of sp³-hybridized carbons (Fsp3) is 0.100. The highest BCUT2D eigenvalue weighted by atomic mass is 16.5. The molecule has 2 heterocycles. The number of rotatable bonds is 4. The third-order valence-electron chi connectivity index (χ3n) is 4.11. The number of hydrogen-bond acceptors (Lipinski definition) is 2. The van der Waals surface area contributed by atoms with Crippen molar-refractivity contribution in [3.63, 3.8) is 0 Å². The Labute approximate surface area is 134 Å². The predicted octanol–water partition coefficient (Wildman–Crippen LogP) is 4.96. The van der Waals surface area contributed by atoms with E-state index >= 15 is 0 Å². The Balaban J connectivity index is 1.90. The topological polar surface area (TPSA) is 27.3 Å². The minimum Gasteiger partial charge on any atom is -0.497 e. The normalized spacial score (nSPS) is 11.0. The van der Waals surface area contributed by atoms with E-state index in [-0.39, 0.29) is 0 Å². The number of fused-ring (bicyclic) bond motifs is 1. The van der Waals surface area contributed by atoms with Gasteiger partial charge in [0.05, 0.1) is 25.3 Å². The molecule has 3 nitrogen and oxygen atoms in total. The van der Waals surface area contributed by atoms with Gasteiger partial charge in [-0.15, -0.1) is 0 Å². The first-order valence-corrected chi connectivity index (χ1v) is 7.59. The molecule has 0 aliphatic heterocycles. The summed E-state index contributed by atoms with van der Waals surface area (Å²) in [6.07, 6.45) is 3.49. The first-order valence-electron chi connectivity index (χ1n) is 7.59. The molecule has 0 aliphatic rings. The Morgan fingerprint density at radius 1 is 1.00 bits per heavy atom. The van der Waals surface area contributed by atoms with E-state index < -0.39 is 0 Å². The molecule has 0 fully saturated rings. The van der Waals surface area contributed by atoms with E-state index in [9.17, 15) is 0 Å². The molecule has 0 N–H and O–H groups in total. The Bertz CT molecular complexity index is 921. The number of methoxy groups -OCH3 is 1. The molecule has 4 rings (SSSR count). The van der Waals surface area contributed by atoms with Crippen LogP contribution in [0.4, 0.5) is 0 Å². The van der Waals surface area contributed by atoms with Gasteiger partial charge in [-0.05, 0) is 35.9 Å². The van der Waals surface area contributed by atoms with Crippen LogP contribution in [0.5, 0.6) is 5.75 Å². The lowest BCUT2D eigenvalue weighted by Gasteiger charge is -2.10. The van der Waals surface area contributed by atoms with Gasteiger partial charge in [-0.3, -0.25) is 0 Å². The van der Waals surface area contributed by atoms with Gasteiger partial charge in [-0.2, -0.15) is 0 Å². The monoisotopic (exact) mass is 303 g/mol. The molecule has 0 bridgehead atoms. The third-order valence-corrected chi connectivity index (χ3v) is 4.11. The molecular weight excluding hydrogens is 286 g/mol. The molecule has 0 saturated heterocycles. The van der Waals surface area contributed by atoms with E-state index in [1.807, 2.05) is 18.2 Å². The zero-order chi connectivity index (χ0) is 15.6. The number of aromatic nitrogens is 1. The zero-order valence-corrected chi connectivity index (χ0v) is 12.9. The van der Waals surface area contributed by atoms with Crippen molar-refractivity contribution in [3.8, 4) is 17.0 Å². The van der Waals surface area contributed by atoms with Crippen LogP contribution in [0.25, 0.3) is 22.2 Å². The summed E-state index contributed by atoms with van der Waals surface area (Å²) in [6, 6.07) is 20.8. The van der Waals surface area contributed by atoms with Crippen LogP contribution >= 0.6 is 0 Å². The van der Waals surface area contributed by atoms with Crippen LogP contribution in [-0.4, -0.2) is 11.7 Å². The summed E-state index contributed by atoms with van der Waals surface area (Å²) in [5.41, 5.74) is 4.68. The van der Waals surface area contributed by atoms with E-state index in [2.05, 4.69) is 47.0 Å². The molecule has 2 aromatic carbocycles. The van der Waals surface area contributed by atoms with Crippen LogP contribution in [0, 0.1) is 0 Å². The highest BCUT2D eigenvalue weighted by Crippen LogP contribution is 2.31.